The van der Waals surface area contributed by atoms with Crippen molar-refractivity contribution in [3.05, 3.63) is 100 Å². The lowest BCUT2D eigenvalue weighted by Gasteiger charge is -2.13. The Morgan fingerprint density at radius 3 is 2.44 bits per heavy atom. The molecular formula is C30H24F2N4O5. The topological polar surface area (TPSA) is 105 Å². The molecule has 0 aliphatic carbocycles. The van der Waals surface area contributed by atoms with Gasteiger partial charge in [0, 0.05) is 55.1 Å². The zero-order valence-corrected chi connectivity index (χ0v) is 22.5. The van der Waals surface area contributed by atoms with Gasteiger partial charge in [-0.25, -0.2) is 13.8 Å². The molecule has 11 heteroatoms. The second-order valence-electron chi connectivity index (χ2n) is 9.12. The van der Waals surface area contributed by atoms with Crippen molar-refractivity contribution in [2.45, 2.75) is 6.92 Å². The minimum Gasteiger partial charge on any atom is -0.491 e. The molecule has 0 spiro atoms. The molecule has 1 amide bonds. The van der Waals surface area contributed by atoms with Gasteiger partial charge in [-0.3, -0.25) is 14.6 Å². The van der Waals surface area contributed by atoms with Crippen molar-refractivity contribution in [3.63, 3.8) is 0 Å². The van der Waals surface area contributed by atoms with Crippen molar-refractivity contribution in [2.75, 3.05) is 19.5 Å². The fraction of sp³-hybridized carbons (Fsp3) is 0.133. The molecule has 0 radical (unpaired) electrons. The first kappa shape index (κ1) is 27.3. The fourth-order valence-corrected chi connectivity index (χ4v) is 4.35. The van der Waals surface area contributed by atoms with Crippen molar-refractivity contribution >= 4 is 22.6 Å². The number of benzene rings is 2. The van der Waals surface area contributed by atoms with E-state index in [1.165, 1.54) is 63.0 Å². The minimum absolute atomic E-state index is 0.106. The summed E-state index contributed by atoms with van der Waals surface area (Å²) in [7, 11) is 4.58. The van der Waals surface area contributed by atoms with E-state index >= 15 is 4.39 Å². The zero-order chi connectivity index (χ0) is 29.3. The first-order valence-corrected chi connectivity index (χ1v) is 12.3. The Morgan fingerprint density at radius 2 is 1.73 bits per heavy atom. The van der Waals surface area contributed by atoms with Crippen LogP contribution in [0, 0.1) is 18.6 Å². The Bertz CT molecular complexity index is 1870. The van der Waals surface area contributed by atoms with Gasteiger partial charge >= 0.3 is 0 Å². The van der Waals surface area contributed by atoms with Crippen LogP contribution in [0.4, 0.5) is 14.5 Å². The van der Waals surface area contributed by atoms with E-state index in [1.807, 2.05) is 0 Å². The third kappa shape index (κ3) is 5.42. The van der Waals surface area contributed by atoms with Crippen molar-refractivity contribution in [2.24, 2.45) is 7.05 Å². The van der Waals surface area contributed by atoms with Gasteiger partial charge in [-0.15, -0.1) is 0 Å². The maximum Gasteiger partial charge on any atom is 0.261 e. The Morgan fingerprint density at radius 1 is 0.927 bits per heavy atom. The molecule has 0 saturated carbocycles. The van der Waals surface area contributed by atoms with Crippen LogP contribution in [-0.4, -0.2) is 34.7 Å². The van der Waals surface area contributed by atoms with Crippen LogP contribution < -0.4 is 25.0 Å². The lowest BCUT2D eigenvalue weighted by atomic mass is 10.00. The normalized spacial score (nSPS) is 10.9. The highest BCUT2D eigenvalue weighted by atomic mass is 19.1. The SMILES string of the molecule is COc1cc2nccc(Oc3ccc(NC(=O)c4cn(C)cc(-c5ccc(F)cc5C)c4=O)cc3F)c2nc1OC. The molecule has 5 aromatic rings. The number of methoxy groups -OCH3 is 2. The number of halogens is 2. The molecule has 9 nitrogen and oxygen atoms in total. The number of pyridine rings is 3. The molecule has 0 aliphatic heterocycles. The lowest BCUT2D eigenvalue weighted by molar-refractivity contribution is 0.102. The van der Waals surface area contributed by atoms with E-state index in [0.29, 0.717) is 27.9 Å². The quantitative estimate of drug-likeness (QED) is 0.276. The summed E-state index contributed by atoms with van der Waals surface area (Å²) in [4.78, 5) is 34.9. The third-order valence-electron chi connectivity index (χ3n) is 6.31. The number of aromatic nitrogens is 3. The number of hydrogen-bond donors (Lipinski definition) is 1. The van der Waals surface area contributed by atoms with E-state index in [9.17, 15) is 14.0 Å². The van der Waals surface area contributed by atoms with E-state index in [2.05, 4.69) is 15.3 Å². The summed E-state index contributed by atoms with van der Waals surface area (Å²) < 4.78 is 46.6. The summed E-state index contributed by atoms with van der Waals surface area (Å²) in [6.07, 6.45) is 4.42. The smallest absolute Gasteiger partial charge is 0.261 e. The van der Waals surface area contributed by atoms with Gasteiger partial charge in [-0.1, -0.05) is 6.07 Å². The summed E-state index contributed by atoms with van der Waals surface area (Å²) in [5.74, 6) is -1.24. The highest BCUT2D eigenvalue weighted by Gasteiger charge is 2.19. The van der Waals surface area contributed by atoms with Crippen LogP contribution >= 0.6 is 0 Å². The maximum atomic E-state index is 15.1. The molecule has 0 fully saturated rings. The molecule has 0 aliphatic rings. The van der Waals surface area contributed by atoms with Crippen LogP contribution in [0.15, 0.2) is 71.9 Å². The molecule has 208 valence electrons. The average molecular weight is 559 g/mol. The van der Waals surface area contributed by atoms with Gasteiger partial charge < -0.3 is 24.1 Å². The van der Waals surface area contributed by atoms with Gasteiger partial charge in [0.1, 0.15) is 16.9 Å². The Labute approximate surface area is 233 Å². The summed E-state index contributed by atoms with van der Waals surface area (Å²) in [5, 5.41) is 2.56. The van der Waals surface area contributed by atoms with Gasteiger partial charge in [0.15, 0.2) is 23.1 Å². The van der Waals surface area contributed by atoms with Crippen molar-refractivity contribution in [3.8, 4) is 34.3 Å². The first-order chi connectivity index (χ1) is 19.7. The van der Waals surface area contributed by atoms with Gasteiger partial charge in [0.2, 0.25) is 5.43 Å². The Balaban J connectivity index is 1.41. The number of fused-ring (bicyclic) bond motifs is 1. The summed E-state index contributed by atoms with van der Waals surface area (Å²) >= 11 is 0. The Hall–Kier alpha value is -5.32. The number of nitrogens with one attached hydrogen (secondary N) is 1. The van der Waals surface area contributed by atoms with E-state index in [0.717, 1.165) is 6.07 Å². The average Bonchev–Trinajstić information content (AvgIpc) is 2.95. The molecule has 0 unspecified atom stereocenters. The zero-order valence-electron chi connectivity index (χ0n) is 22.5. The third-order valence-corrected chi connectivity index (χ3v) is 6.31. The van der Waals surface area contributed by atoms with E-state index < -0.39 is 23.0 Å². The Kier molecular flexibility index (Phi) is 7.34. The second-order valence-corrected chi connectivity index (χ2v) is 9.12. The van der Waals surface area contributed by atoms with E-state index in [4.69, 9.17) is 14.2 Å². The summed E-state index contributed by atoms with van der Waals surface area (Å²) in [5.41, 5.74) is 1.47. The van der Waals surface area contributed by atoms with Gasteiger partial charge in [0.05, 0.1) is 19.7 Å². The molecule has 2 aromatic carbocycles. The van der Waals surface area contributed by atoms with Crippen molar-refractivity contribution < 1.29 is 27.8 Å². The van der Waals surface area contributed by atoms with E-state index in [1.54, 1.807) is 30.8 Å². The van der Waals surface area contributed by atoms with Crippen LogP contribution in [0.5, 0.6) is 23.1 Å². The van der Waals surface area contributed by atoms with E-state index in [-0.39, 0.29) is 34.2 Å². The maximum absolute atomic E-state index is 15.1. The highest BCUT2D eigenvalue weighted by Crippen LogP contribution is 2.35. The number of ether oxygens (including phenoxy) is 3. The lowest BCUT2D eigenvalue weighted by Crippen LogP contribution is -2.24. The predicted molar refractivity (Wildman–Crippen MR) is 149 cm³/mol. The number of amides is 1. The fourth-order valence-electron chi connectivity index (χ4n) is 4.35. The van der Waals surface area contributed by atoms with Gasteiger partial charge in [-0.05, 0) is 42.3 Å². The molecule has 0 bridgehead atoms. The number of carbonyl (C=O) groups excluding carboxylic acids is 1. The van der Waals surface area contributed by atoms with Crippen LogP contribution in [-0.2, 0) is 7.05 Å². The molecule has 3 heterocycles. The molecule has 1 N–H and O–H groups in total. The summed E-state index contributed by atoms with van der Waals surface area (Å²) in [6, 6.07) is 11.1. The predicted octanol–water partition coefficient (Wildman–Crippen LogP) is 5.64. The number of anilines is 1. The van der Waals surface area contributed by atoms with Gasteiger partial charge in [-0.2, -0.15) is 0 Å². The second kappa shape index (κ2) is 11.0. The highest BCUT2D eigenvalue weighted by molar-refractivity contribution is 6.04. The standard InChI is InChI=1S/C30H24F2N4O5/c1-16-11-17(31)5-7-19(16)20-14-36(2)15-21(28(20)37)29(38)34-18-6-8-24(22(32)12-18)41-25-9-10-33-23-13-26(39-3)30(40-4)35-27(23)25/h5-15H,1-4H3,(H,34,38). The summed E-state index contributed by atoms with van der Waals surface area (Å²) in [6.45, 7) is 1.68. The van der Waals surface area contributed by atoms with Crippen LogP contribution in [0.1, 0.15) is 15.9 Å². The van der Waals surface area contributed by atoms with Crippen LogP contribution in [0.3, 0.4) is 0 Å². The van der Waals surface area contributed by atoms with Crippen LogP contribution in [0.25, 0.3) is 22.2 Å². The molecular weight excluding hydrogens is 534 g/mol. The molecule has 0 saturated heterocycles. The van der Waals surface area contributed by atoms with Crippen molar-refractivity contribution in [1.82, 2.24) is 14.5 Å². The number of rotatable bonds is 7. The first-order valence-electron chi connectivity index (χ1n) is 12.3. The van der Waals surface area contributed by atoms with Crippen molar-refractivity contribution in [1.29, 1.82) is 0 Å². The van der Waals surface area contributed by atoms with Gasteiger partial charge in [0.25, 0.3) is 11.8 Å². The molecule has 5 rings (SSSR count). The number of nitrogens with zero attached hydrogens (tertiary/aromatic N) is 3. The molecule has 3 aromatic heterocycles. The van der Waals surface area contributed by atoms with Crippen LogP contribution in [0.2, 0.25) is 0 Å². The number of aryl methyl sites for hydroxylation is 2. The largest absolute Gasteiger partial charge is 0.491 e. The number of hydrogen-bond acceptors (Lipinski definition) is 7. The molecule has 0 atom stereocenters. The monoisotopic (exact) mass is 558 g/mol. The minimum atomic E-state index is -0.767. The number of carbonyl (C=O) groups is 1. The molecule has 41 heavy (non-hydrogen) atoms.